The van der Waals surface area contributed by atoms with Crippen molar-refractivity contribution < 1.29 is 14.3 Å². The molecule has 1 aromatic rings. The quantitative estimate of drug-likeness (QED) is 0.823. The van der Waals surface area contributed by atoms with Crippen molar-refractivity contribution in [1.29, 1.82) is 0 Å². The van der Waals surface area contributed by atoms with Crippen LogP contribution >= 0.6 is 23.2 Å². The van der Waals surface area contributed by atoms with E-state index in [9.17, 15) is 9.59 Å². The lowest BCUT2D eigenvalue weighted by atomic mass is 9.92. The number of carbonyl (C=O) groups excluding carboxylic acids is 2. The zero-order valence-corrected chi connectivity index (χ0v) is 12.5. The lowest BCUT2D eigenvalue weighted by Crippen LogP contribution is -2.41. The highest BCUT2D eigenvalue weighted by Crippen LogP contribution is 2.39. The average Bonchev–Trinajstić information content (AvgIpc) is 2.35. The number of carbonyl (C=O) groups is 2. The zero-order valence-electron chi connectivity index (χ0n) is 11.0. The Balaban J connectivity index is 2.43. The molecule has 0 saturated heterocycles. The highest BCUT2D eigenvalue weighted by molar-refractivity contribution is 6.35. The Labute approximate surface area is 126 Å². The van der Waals surface area contributed by atoms with Crippen molar-refractivity contribution in [2.45, 2.75) is 25.4 Å². The van der Waals surface area contributed by atoms with Crippen molar-refractivity contribution in [1.82, 2.24) is 5.32 Å². The second kappa shape index (κ2) is 5.89. The van der Waals surface area contributed by atoms with Gasteiger partial charge < -0.3 is 15.4 Å². The second-order valence-electron chi connectivity index (χ2n) is 4.56. The van der Waals surface area contributed by atoms with Gasteiger partial charge in [-0.25, -0.2) is 4.79 Å². The molecular formula is C13H14Cl2N2O3. The van der Waals surface area contributed by atoms with Crippen LogP contribution in [-0.2, 0) is 14.3 Å². The van der Waals surface area contributed by atoms with Gasteiger partial charge in [-0.2, -0.15) is 0 Å². The number of anilines is 1. The van der Waals surface area contributed by atoms with Crippen molar-refractivity contribution in [2.75, 3.05) is 12.4 Å². The van der Waals surface area contributed by atoms with E-state index < -0.39 is 12.0 Å². The minimum absolute atomic E-state index is 0.197. The van der Waals surface area contributed by atoms with Crippen LogP contribution in [0.2, 0.25) is 10.0 Å². The maximum Gasteiger partial charge on any atom is 0.328 e. The topological polar surface area (TPSA) is 67.4 Å². The summed E-state index contributed by atoms with van der Waals surface area (Å²) >= 11 is 12.2. The molecule has 0 bridgehead atoms. The van der Waals surface area contributed by atoms with Crippen LogP contribution in [0.3, 0.4) is 0 Å². The van der Waals surface area contributed by atoms with Gasteiger partial charge in [0, 0.05) is 34.6 Å². The highest BCUT2D eigenvalue weighted by Gasteiger charge is 2.33. The molecular weight excluding hydrogens is 303 g/mol. The van der Waals surface area contributed by atoms with Gasteiger partial charge >= 0.3 is 5.97 Å². The monoisotopic (exact) mass is 316 g/mol. The van der Waals surface area contributed by atoms with Crippen LogP contribution in [-0.4, -0.2) is 25.0 Å². The van der Waals surface area contributed by atoms with Gasteiger partial charge in [-0.1, -0.05) is 23.2 Å². The van der Waals surface area contributed by atoms with Gasteiger partial charge in [-0.3, -0.25) is 4.79 Å². The van der Waals surface area contributed by atoms with Crippen LogP contribution in [0.4, 0.5) is 5.69 Å². The Morgan fingerprint density at radius 1 is 1.40 bits per heavy atom. The minimum Gasteiger partial charge on any atom is -0.467 e. The predicted molar refractivity (Wildman–Crippen MR) is 77.1 cm³/mol. The number of fused-ring (bicyclic) bond motifs is 1. The molecule has 1 aliphatic heterocycles. The number of benzene rings is 1. The van der Waals surface area contributed by atoms with E-state index >= 15 is 0 Å². The maximum atomic E-state index is 11.7. The van der Waals surface area contributed by atoms with E-state index in [0.717, 1.165) is 5.56 Å². The molecule has 0 aromatic heterocycles. The summed E-state index contributed by atoms with van der Waals surface area (Å²) in [5.74, 6) is -0.598. The lowest BCUT2D eigenvalue weighted by molar-refractivity contribution is -0.142. The number of nitrogens with one attached hydrogen (secondary N) is 2. The summed E-state index contributed by atoms with van der Waals surface area (Å²) in [5, 5.41) is 6.73. The molecule has 1 heterocycles. The number of halogens is 2. The van der Waals surface area contributed by atoms with E-state index in [1.54, 1.807) is 12.1 Å². The largest absolute Gasteiger partial charge is 0.467 e. The van der Waals surface area contributed by atoms with Gasteiger partial charge in [-0.05, 0) is 12.1 Å². The summed E-state index contributed by atoms with van der Waals surface area (Å²) in [4.78, 5) is 23.0. The van der Waals surface area contributed by atoms with E-state index in [4.69, 9.17) is 27.9 Å². The van der Waals surface area contributed by atoms with Crippen molar-refractivity contribution >= 4 is 40.8 Å². The summed E-state index contributed by atoms with van der Waals surface area (Å²) in [6, 6.07) is 2.36. The molecule has 2 N–H and O–H groups in total. The van der Waals surface area contributed by atoms with Crippen LogP contribution in [0.15, 0.2) is 12.1 Å². The summed E-state index contributed by atoms with van der Waals surface area (Å²) in [6.07, 6.45) is 0.362. The number of hydrogen-bond donors (Lipinski definition) is 2. The third kappa shape index (κ3) is 2.99. The number of amides is 1. The summed E-state index contributed by atoms with van der Waals surface area (Å²) < 4.78 is 4.74. The molecule has 0 unspecified atom stereocenters. The normalized spacial score (nSPS) is 20.6. The van der Waals surface area contributed by atoms with Gasteiger partial charge in [0.2, 0.25) is 5.91 Å². The van der Waals surface area contributed by atoms with Gasteiger partial charge in [0.1, 0.15) is 6.04 Å². The van der Waals surface area contributed by atoms with Gasteiger partial charge in [0.05, 0.1) is 13.2 Å². The number of esters is 1. The van der Waals surface area contributed by atoms with Crippen LogP contribution in [0.25, 0.3) is 0 Å². The molecule has 108 valence electrons. The Morgan fingerprint density at radius 2 is 2.10 bits per heavy atom. The first kappa shape index (κ1) is 14.9. The minimum atomic E-state index is -0.557. The molecule has 2 atom stereocenters. The summed E-state index contributed by atoms with van der Waals surface area (Å²) in [6.45, 7) is 1.42. The molecule has 1 aromatic carbocycles. The van der Waals surface area contributed by atoms with Gasteiger partial charge in [-0.15, -0.1) is 0 Å². The molecule has 7 heteroatoms. The van der Waals surface area contributed by atoms with Gasteiger partial charge in [0.25, 0.3) is 0 Å². The smallest absolute Gasteiger partial charge is 0.328 e. The molecule has 20 heavy (non-hydrogen) atoms. The van der Waals surface area contributed by atoms with E-state index in [2.05, 4.69) is 10.6 Å². The molecule has 0 fully saturated rings. The third-order valence-electron chi connectivity index (χ3n) is 3.11. The van der Waals surface area contributed by atoms with Crippen LogP contribution < -0.4 is 10.6 Å². The van der Waals surface area contributed by atoms with Crippen LogP contribution in [0.1, 0.15) is 24.9 Å². The Hall–Kier alpha value is -1.46. The Bertz CT molecular complexity index is 563. The highest BCUT2D eigenvalue weighted by atomic mass is 35.5. The molecule has 0 radical (unpaired) electrons. The Kier molecular flexibility index (Phi) is 4.40. The van der Waals surface area contributed by atoms with Crippen molar-refractivity contribution in [2.24, 2.45) is 0 Å². The molecule has 5 nitrogen and oxygen atoms in total. The van der Waals surface area contributed by atoms with Crippen LogP contribution in [0, 0.1) is 0 Å². The molecule has 2 rings (SSSR count). The van der Waals surface area contributed by atoms with E-state index in [-0.39, 0.29) is 11.9 Å². The first-order valence-electron chi connectivity index (χ1n) is 6.02. The van der Waals surface area contributed by atoms with E-state index in [0.29, 0.717) is 22.2 Å². The molecule has 0 aliphatic carbocycles. The second-order valence-corrected chi connectivity index (χ2v) is 5.40. The van der Waals surface area contributed by atoms with Crippen molar-refractivity contribution in [3.05, 3.63) is 27.7 Å². The third-order valence-corrected chi connectivity index (χ3v) is 3.64. The average molecular weight is 317 g/mol. The molecule has 1 aliphatic rings. The van der Waals surface area contributed by atoms with Gasteiger partial charge in [0.15, 0.2) is 0 Å². The fourth-order valence-corrected chi connectivity index (χ4v) is 2.96. The number of methoxy groups -OCH3 is 1. The lowest BCUT2D eigenvalue weighted by Gasteiger charge is -2.32. The zero-order chi connectivity index (χ0) is 14.9. The first-order valence-corrected chi connectivity index (χ1v) is 6.78. The SMILES string of the molecule is COC(=O)[C@H]1C[C@H](NC(C)=O)c2c(Cl)cc(Cl)cc2N1. The Morgan fingerprint density at radius 3 is 2.70 bits per heavy atom. The first-order chi connectivity index (χ1) is 9.42. The summed E-state index contributed by atoms with van der Waals surface area (Å²) in [5.41, 5.74) is 1.36. The molecule has 0 spiro atoms. The standard InChI is InChI=1S/C13H14Cl2N2O3/c1-6(18)16-10-5-11(13(19)20-2)17-9-4-7(14)3-8(15)12(9)10/h3-4,10-11,17H,5H2,1-2H3,(H,16,18)/t10-,11+/m0/s1. The van der Waals surface area contributed by atoms with Crippen molar-refractivity contribution in [3.63, 3.8) is 0 Å². The number of hydrogen-bond acceptors (Lipinski definition) is 4. The fraction of sp³-hybridized carbons (Fsp3) is 0.385. The van der Waals surface area contributed by atoms with E-state index in [1.807, 2.05) is 0 Å². The molecule has 1 amide bonds. The predicted octanol–water partition coefficient (Wildman–Crippen LogP) is 2.53. The number of ether oxygens (including phenoxy) is 1. The van der Waals surface area contributed by atoms with E-state index in [1.165, 1.54) is 14.0 Å². The number of rotatable bonds is 2. The van der Waals surface area contributed by atoms with Crippen molar-refractivity contribution in [3.8, 4) is 0 Å². The summed E-state index contributed by atoms with van der Waals surface area (Å²) in [7, 11) is 1.32. The van der Waals surface area contributed by atoms with Crippen LogP contribution in [0.5, 0.6) is 0 Å². The maximum absolute atomic E-state index is 11.7. The fourth-order valence-electron chi connectivity index (χ4n) is 2.33. The molecule has 0 saturated carbocycles.